The van der Waals surface area contributed by atoms with Gasteiger partial charge in [0.05, 0.1) is 12.3 Å². The minimum atomic E-state index is -0.475. The Balaban J connectivity index is 2.39. The Morgan fingerprint density at radius 3 is 2.91 bits per heavy atom. The molecule has 0 aliphatic carbocycles. The number of rotatable bonds is 5. The lowest BCUT2D eigenvalue weighted by Crippen LogP contribution is -2.15. The molecule has 2 aromatic rings. The van der Waals surface area contributed by atoms with Gasteiger partial charge in [-0.1, -0.05) is 22.9 Å². The maximum atomic E-state index is 11.5. The molecule has 5 nitrogen and oxygen atoms in total. The van der Waals surface area contributed by atoms with Crippen LogP contribution in [-0.2, 0) is 0 Å². The van der Waals surface area contributed by atoms with Crippen LogP contribution in [0.4, 0.5) is 0 Å². The molecule has 0 unspecified atom stereocenters. The maximum Gasteiger partial charge on any atom is 0.282 e. The zero-order chi connectivity index (χ0) is 16.8. The van der Waals surface area contributed by atoms with Gasteiger partial charge in [0.15, 0.2) is 0 Å². The number of nitriles is 1. The van der Waals surface area contributed by atoms with E-state index in [2.05, 4.69) is 26.1 Å². The molecule has 23 heavy (non-hydrogen) atoms. The van der Waals surface area contributed by atoms with Crippen LogP contribution in [0.25, 0.3) is 12.2 Å². The van der Waals surface area contributed by atoms with E-state index in [1.54, 1.807) is 13.0 Å². The average Bonchev–Trinajstić information content (AvgIpc) is 2.54. The fourth-order valence-corrected chi connectivity index (χ4v) is 2.39. The second-order valence-electron chi connectivity index (χ2n) is 4.91. The van der Waals surface area contributed by atoms with Gasteiger partial charge in [0.2, 0.25) is 0 Å². The average molecular weight is 374 g/mol. The summed E-state index contributed by atoms with van der Waals surface area (Å²) in [4.78, 5) is 11.5. The van der Waals surface area contributed by atoms with Crippen LogP contribution in [0.5, 0.6) is 5.75 Å². The molecule has 1 N–H and O–H groups in total. The monoisotopic (exact) mass is 373 g/mol. The molecule has 0 atom stereocenters. The van der Waals surface area contributed by atoms with Crippen molar-refractivity contribution in [3.05, 3.63) is 55.4 Å². The molecule has 0 spiro atoms. The van der Waals surface area contributed by atoms with Crippen LogP contribution in [0.2, 0.25) is 0 Å². The summed E-state index contributed by atoms with van der Waals surface area (Å²) in [5, 5.41) is 15.4. The highest BCUT2D eigenvalue weighted by Gasteiger charge is 2.08. The van der Waals surface area contributed by atoms with Gasteiger partial charge in [0.25, 0.3) is 5.56 Å². The first-order valence-corrected chi connectivity index (χ1v) is 7.96. The predicted molar refractivity (Wildman–Crippen MR) is 93.2 cm³/mol. The van der Waals surface area contributed by atoms with Crippen LogP contribution in [0.1, 0.15) is 35.7 Å². The van der Waals surface area contributed by atoms with Crippen LogP contribution < -0.4 is 10.3 Å². The van der Waals surface area contributed by atoms with E-state index in [9.17, 15) is 4.79 Å². The number of aromatic nitrogens is 2. The van der Waals surface area contributed by atoms with Gasteiger partial charge in [-0.3, -0.25) is 4.79 Å². The number of aromatic amines is 1. The molecule has 0 amide bonds. The van der Waals surface area contributed by atoms with Crippen molar-refractivity contribution in [1.29, 1.82) is 5.26 Å². The molecule has 0 fully saturated rings. The number of halogens is 1. The summed E-state index contributed by atoms with van der Waals surface area (Å²) < 4.78 is 6.66. The summed E-state index contributed by atoms with van der Waals surface area (Å²) in [6.07, 6.45) is 4.53. The van der Waals surface area contributed by atoms with E-state index in [0.29, 0.717) is 17.9 Å². The minimum Gasteiger partial charge on any atom is -0.493 e. The lowest BCUT2D eigenvalue weighted by atomic mass is 10.1. The molecule has 0 aliphatic rings. The molecule has 0 saturated carbocycles. The fraction of sp³-hybridized carbons (Fsp3) is 0.235. The normalized spacial score (nSPS) is 10.7. The smallest absolute Gasteiger partial charge is 0.282 e. The number of ether oxygens (including phenoxy) is 1. The summed E-state index contributed by atoms with van der Waals surface area (Å²) in [6, 6.07) is 7.65. The highest BCUT2D eigenvalue weighted by Crippen LogP contribution is 2.25. The third kappa shape index (κ3) is 4.08. The van der Waals surface area contributed by atoms with Crippen molar-refractivity contribution in [3.8, 4) is 11.8 Å². The molecular weight excluding hydrogens is 358 g/mol. The van der Waals surface area contributed by atoms with Crippen molar-refractivity contribution in [2.24, 2.45) is 0 Å². The van der Waals surface area contributed by atoms with Crippen molar-refractivity contribution < 1.29 is 4.74 Å². The van der Waals surface area contributed by atoms with Crippen LogP contribution in [0.3, 0.4) is 0 Å². The first-order valence-electron chi connectivity index (χ1n) is 7.16. The first kappa shape index (κ1) is 17.0. The van der Waals surface area contributed by atoms with Crippen molar-refractivity contribution in [1.82, 2.24) is 10.2 Å². The number of nitrogens with one attached hydrogen (secondary N) is 1. The summed E-state index contributed by atoms with van der Waals surface area (Å²) in [6.45, 7) is 4.39. The van der Waals surface area contributed by atoms with Crippen LogP contribution in [-0.4, -0.2) is 16.8 Å². The summed E-state index contributed by atoms with van der Waals surface area (Å²) in [7, 11) is 0. The van der Waals surface area contributed by atoms with Crippen LogP contribution >= 0.6 is 15.9 Å². The van der Waals surface area contributed by atoms with Gasteiger partial charge in [-0.05, 0) is 49.3 Å². The molecule has 1 aromatic heterocycles. The molecule has 0 radical (unpaired) electrons. The van der Waals surface area contributed by atoms with E-state index >= 15 is 0 Å². The summed E-state index contributed by atoms with van der Waals surface area (Å²) in [5.74, 6) is 0.772. The number of H-pyrrole nitrogens is 1. The minimum absolute atomic E-state index is 0.0800. The van der Waals surface area contributed by atoms with Gasteiger partial charge < -0.3 is 4.74 Å². The Labute approximate surface area is 142 Å². The second kappa shape index (κ2) is 7.75. The molecule has 2 rings (SSSR count). The molecule has 0 aliphatic heterocycles. The number of hydrogen-bond acceptors (Lipinski definition) is 4. The van der Waals surface area contributed by atoms with E-state index < -0.39 is 5.56 Å². The molecule has 6 heteroatoms. The van der Waals surface area contributed by atoms with E-state index in [1.807, 2.05) is 37.3 Å². The summed E-state index contributed by atoms with van der Waals surface area (Å²) >= 11 is 3.44. The van der Waals surface area contributed by atoms with Crippen LogP contribution in [0.15, 0.2) is 27.5 Å². The van der Waals surface area contributed by atoms with Gasteiger partial charge in [0, 0.05) is 10.0 Å². The predicted octanol–water partition coefficient (Wildman–Crippen LogP) is 3.67. The Hall–Kier alpha value is -2.39. The van der Waals surface area contributed by atoms with E-state index in [0.717, 1.165) is 22.2 Å². The van der Waals surface area contributed by atoms with Gasteiger partial charge in [-0.2, -0.15) is 10.4 Å². The summed E-state index contributed by atoms with van der Waals surface area (Å²) in [5.41, 5.74) is 1.59. The van der Waals surface area contributed by atoms with Gasteiger partial charge in [0.1, 0.15) is 17.4 Å². The van der Waals surface area contributed by atoms with E-state index in [4.69, 9.17) is 10.00 Å². The lowest BCUT2D eigenvalue weighted by Gasteiger charge is -2.08. The second-order valence-corrected chi connectivity index (χ2v) is 5.83. The number of hydrogen-bond donors (Lipinski definition) is 1. The Bertz CT molecular complexity index is 835. The van der Waals surface area contributed by atoms with Gasteiger partial charge in [-0.25, -0.2) is 5.10 Å². The third-order valence-electron chi connectivity index (χ3n) is 3.23. The Morgan fingerprint density at radius 1 is 1.43 bits per heavy atom. The first-order chi connectivity index (χ1) is 11.1. The van der Waals surface area contributed by atoms with Crippen molar-refractivity contribution >= 4 is 28.1 Å². The van der Waals surface area contributed by atoms with Crippen molar-refractivity contribution in [3.63, 3.8) is 0 Å². The molecule has 1 heterocycles. The van der Waals surface area contributed by atoms with Gasteiger partial charge >= 0.3 is 0 Å². The molecular formula is C17H16BrN3O2. The molecule has 0 saturated heterocycles. The van der Waals surface area contributed by atoms with Crippen molar-refractivity contribution in [2.75, 3.05) is 6.61 Å². The zero-order valence-electron chi connectivity index (χ0n) is 12.9. The Morgan fingerprint density at radius 2 is 2.22 bits per heavy atom. The highest BCUT2D eigenvalue weighted by atomic mass is 79.9. The molecule has 0 bridgehead atoms. The lowest BCUT2D eigenvalue weighted by molar-refractivity contribution is 0.317. The number of benzene rings is 1. The topological polar surface area (TPSA) is 78.8 Å². The third-order valence-corrected chi connectivity index (χ3v) is 3.72. The number of nitrogens with zero attached hydrogens (tertiary/aromatic N) is 2. The zero-order valence-corrected chi connectivity index (χ0v) is 14.5. The highest BCUT2D eigenvalue weighted by molar-refractivity contribution is 9.10. The SMILES string of the molecule is CCCOc1ccc(Br)cc1/C=C/c1n[nH]c(=O)c(C#N)c1C. The largest absolute Gasteiger partial charge is 0.493 e. The quantitative estimate of drug-likeness (QED) is 0.866. The van der Waals surface area contributed by atoms with Crippen molar-refractivity contribution in [2.45, 2.75) is 20.3 Å². The van der Waals surface area contributed by atoms with Gasteiger partial charge in [-0.15, -0.1) is 0 Å². The van der Waals surface area contributed by atoms with Crippen LogP contribution in [0, 0.1) is 18.3 Å². The fourth-order valence-electron chi connectivity index (χ4n) is 2.01. The van der Waals surface area contributed by atoms with E-state index in [-0.39, 0.29) is 5.56 Å². The standard InChI is InChI=1S/C17H16BrN3O2/c1-3-8-23-16-7-5-13(18)9-12(16)4-6-15-11(2)14(10-19)17(22)21-20-15/h4-7,9H,3,8H2,1-2H3,(H,21,22)/b6-4+. The van der Waals surface area contributed by atoms with E-state index in [1.165, 1.54) is 0 Å². The molecule has 1 aromatic carbocycles. The maximum absolute atomic E-state index is 11.5. The molecule has 118 valence electrons. The Kier molecular flexibility index (Phi) is 5.72.